The lowest BCUT2D eigenvalue weighted by atomic mass is 9.95. The van der Waals surface area contributed by atoms with Gasteiger partial charge in [-0.3, -0.25) is 4.79 Å². The highest BCUT2D eigenvalue weighted by Crippen LogP contribution is 2.25. The summed E-state index contributed by atoms with van der Waals surface area (Å²) in [5, 5.41) is 10.5. The van der Waals surface area contributed by atoms with E-state index in [9.17, 15) is 9.90 Å². The van der Waals surface area contributed by atoms with Crippen molar-refractivity contribution in [1.29, 1.82) is 0 Å². The number of nitrogens with zero attached hydrogens (tertiary/aromatic N) is 1. The van der Waals surface area contributed by atoms with Crippen molar-refractivity contribution >= 4 is 16.8 Å². The first kappa shape index (κ1) is 16.7. The quantitative estimate of drug-likeness (QED) is 0.729. The number of benzene rings is 2. The van der Waals surface area contributed by atoms with Crippen LogP contribution in [0.25, 0.3) is 10.9 Å². The van der Waals surface area contributed by atoms with Crippen molar-refractivity contribution in [2.75, 3.05) is 6.54 Å². The number of piperidine rings is 1. The summed E-state index contributed by atoms with van der Waals surface area (Å²) < 4.78 is 0. The molecule has 4 nitrogen and oxygen atoms in total. The molecule has 1 aliphatic rings. The van der Waals surface area contributed by atoms with Crippen LogP contribution in [0, 0.1) is 0 Å². The van der Waals surface area contributed by atoms with E-state index < -0.39 is 0 Å². The summed E-state index contributed by atoms with van der Waals surface area (Å²) in [6, 6.07) is 17.6. The van der Waals surface area contributed by atoms with Crippen LogP contribution in [0.3, 0.4) is 0 Å². The van der Waals surface area contributed by atoms with E-state index in [-0.39, 0.29) is 11.9 Å². The lowest BCUT2D eigenvalue weighted by Gasteiger charge is -2.35. The summed E-state index contributed by atoms with van der Waals surface area (Å²) in [6.45, 7) is 0.828. The first-order valence-corrected chi connectivity index (χ1v) is 9.37. The molecule has 134 valence electrons. The number of para-hydroxylation sites is 1. The zero-order chi connectivity index (χ0) is 17.9. The Morgan fingerprint density at radius 3 is 2.73 bits per heavy atom. The van der Waals surface area contributed by atoms with Crippen LogP contribution in [0.5, 0.6) is 5.75 Å². The molecular weight excluding hydrogens is 324 g/mol. The number of aromatic nitrogens is 1. The first-order valence-electron chi connectivity index (χ1n) is 9.37. The van der Waals surface area contributed by atoms with Gasteiger partial charge in [0.15, 0.2) is 0 Å². The number of aromatic amines is 1. The highest BCUT2D eigenvalue weighted by Gasteiger charge is 2.28. The third-order valence-electron chi connectivity index (χ3n) is 5.35. The number of likely N-dealkylation sites (tertiary alicyclic amines) is 1. The van der Waals surface area contributed by atoms with Gasteiger partial charge in [0, 0.05) is 23.5 Å². The first-order chi connectivity index (χ1) is 12.7. The van der Waals surface area contributed by atoms with E-state index in [4.69, 9.17) is 0 Å². The van der Waals surface area contributed by atoms with Gasteiger partial charge in [0.25, 0.3) is 5.91 Å². The molecule has 0 spiro atoms. The maximum atomic E-state index is 13.1. The van der Waals surface area contributed by atoms with E-state index >= 15 is 0 Å². The van der Waals surface area contributed by atoms with Crippen molar-refractivity contribution in [2.24, 2.45) is 0 Å². The van der Waals surface area contributed by atoms with Crippen molar-refractivity contribution < 1.29 is 9.90 Å². The van der Waals surface area contributed by atoms with Crippen LogP contribution in [-0.4, -0.2) is 33.5 Å². The topological polar surface area (TPSA) is 56.3 Å². The number of H-pyrrole nitrogens is 1. The maximum absolute atomic E-state index is 13.1. The average Bonchev–Trinajstić information content (AvgIpc) is 3.11. The van der Waals surface area contributed by atoms with Gasteiger partial charge < -0.3 is 15.0 Å². The Labute approximate surface area is 153 Å². The lowest BCUT2D eigenvalue weighted by Crippen LogP contribution is -2.44. The van der Waals surface area contributed by atoms with Gasteiger partial charge in [-0.05, 0) is 61.9 Å². The molecule has 26 heavy (non-hydrogen) atoms. The Kier molecular flexibility index (Phi) is 4.65. The minimum atomic E-state index is 0.108. The number of carbonyl (C=O) groups excluding carboxylic acids is 1. The molecular formula is C22H24N2O2. The van der Waals surface area contributed by atoms with Gasteiger partial charge in [0.2, 0.25) is 0 Å². The molecule has 1 aromatic heterocycles. The van der Waals surface area contributed by atoms with Gasteiger partial charge in [-0.15, -0.1) is 0 Å². The molecule has 1 saturated heterocycles. The smallest absolute Gasteiger partial charge is 0.270 e. The zero-order valence-corrected chi connectivity index (χ0v) is 14.8. The summed E-state index contributed by atoms with van der Waals surface area (Å²) in [7, 11) is 0. The van der Waals surface area contributed by atoms with Crippen molar-refractivity contribution in [3.63, 3.8) is 0 Å². The molecule has 1 atom stereocenters. The van der Waals surface area contributed by atoms with Crippen LogP contribution in [0.15, 0.2) is 54.6 Å². The number of fused-ring (bicyclic) bond motifs is 1. The minimum Gasteiger partial charge on any atom is -0.508 e. The van der Waals surface area contributed by atoms with Crippen molar-refractivity contribution in [3.8, 4) is 5.75 Å². The van der Waals surface area contributed by atoms with E-state index in [2.05, 4.69) is 9.88 Å². The van der Waals surface area contributed by atoms with Gasteiger partial charge in [-0.25, -0.2) is 0 Å². The van der Waals surface area contributed by atoms with Gasteiger partial charge in [0.05, 0.1) is 0 Å². The fourth-order valence-electron chi connectivity index (χ4n) is 3.91. The normalized spacial score (nSPS) is 17.5. The van der Waals surface area contributed by atoms with Crippen LogP contribution in [0.1, 0.15) is 41.7 Å². The molecule has 1 unspecified atom stereocenters. The molecule has 0 saturated carbocycles. The Morgan fingerprint density at radius 1 is 1.12 bits per heavy atom. The van der Waals surface area contributed by atoms with E-state index in [1.54, 1.807) is 12.1 Å². The summed E-state index contributed by atoms with van der Waals surface area (Å²) >= 11 is 0. The lowest BCUT2D eigenvalue weighted by molar-refractivity contribution is 0.0597. The number of phenolic OH excluding ortho intramolecular Hbond substituents is 1. The molecule has 1 aliphatic heterocycles. The molecule has 1 amide bonds. The predicted octanol–water partition coefficient (Wildman–Crippen LogP) is 4.50. The number of hydrogen-bond donors (Lipinski definition) is 2. The Hall–Kier alpha value is -2.75. The number of hydrogen-bond acceptors (Lipinski definition) is 2. The number of aromatic hydroxyl groups is 1. The summed E-state index contributed by atoms with van der Waals surface area (Å²) in [5.41, 5.74) is 2.89. The second-order valence-corrected chi connectivity index (χ2v) is 7.12. The molecule has 0 radical (unpaired) electrons. The van der Waals surface area contributed by atoms with Crippen LogP contribution >= 0.6 is 0 Å². The SMILES string of the molecule is O=C(c1cc2ccccc2[nH]1)N1CCCCC1CCc1ccc(O)cc1. The Balaban J connectivity index is 1.49. The third kappa shape index (κ3) is 3.45. The van der Waals surface area contributed by atoms with E-state index in [0.29, 0.717) is 11.4 Å². The van der Waals surface area contributed by atoms with Crippen molar-refractivity contribution in [1.82, 2.24) is 9.88 Å². The number of aryl methyl sites for hydroxylation is 1. The molecule has 3 aromatic rings. The fourth-order valence-corrected chi connectivity index (χ4v) is 3.91. The van der Waals surface area contributed by atoms with Crippen molar-refractivity contribution in [2.45, 2.75) is 38.1 Å². The molecule has 2 aromatic carbocycles. The van der Waals surface area contributed by atoms with Crippen LogP contribution in [-0.2, 0) is 6.42 Å². The molecule has 0 bridgehead atoms. The Morgan fingerprint density at radius 2 is 1.92 bits per heavy atom. The monoisotopic (exact) mass is 348 g/mol. The largest absolute Gasteiger partial charge is 0.508 e. The molecule has 2 heterocycles. The fraction of sp³-hybridized carbons (Fsp3) is 0.318. The zero-order valence-electron chi connectivity index (χ0n) is 14.8. The van der Waals surface area contributed by atoms with Gasteiger partial charge in [0.1, 0.15) is 11.4 Å². The highest BCUT2D eigenvalue weighted by molar-refractivity contribution is 5.98. The average molecular weight is 348 g/mol. The number of phenols is 1. The summed E-state index contributed by atoms with van der Waals surface area (Å²) in [5.74, 6) is 0.402. The number of nitrogens with one attached hydrogen (secondary N) is 1. The Bertz CT molecular complexity index is 865. The number of rotatable bonds is 4. The van der Waals surface area contributed by atoms with Gasteiger partial charge in [-0.2, -0.15) is 0 Å². The molecule has 0 aliphatic carbocycles. The number of amides is 1. The van der Waals surface area contributed by atoms with Gasteiger partial charge >= 0.3 is 0 Å². The minimum absolute atomic E-state index is 0.108. The van der Waals surface area contributed by atoms with Crippen molar-refractivity contribution in [3.05, 3.63) is 65.9 Å². The predicted molar refractivity (Wildman–Crippen MR) is 103 cm³/mol. The van der Waals surface area contributed by atoms with Crippen LogP contribution in [0.4, 0.5) is 0 Å². The number of carbonyl (C=O) groups is 1. The van der Waals surface area contributed by atoms with E-state index in [1.165, 1.54) is 12.0 Å². The van der Waals surface area contributed by atoms with Gasteiger partial charge in [-0.1, -0.05) is 30.3 Å². The standard InChI is InChI=1S/C22H24N2O2/c25-19-12-9-16(10-13-19)8-11-18-6-3-4-14-24(18)22(26)21-15-17-5-1-2-7-20(17)23-21/h1-2,5,7,9-10,12-13,15,18,23,25H,3-4,6,8,11,14H2. The summed E-state index contributed by atoms with van der Waals surface area (Å²) in [4.78, 5) is 18.4. The van der Waals surface area contributed by atoms with E-state index in [0.717, 1.165) is 43.1 Å². The molecule has 4 rings (SSSR count). The summed E-state index contributed by atoms with van der Waals surface area (Å²) in [6.07, 6.45) is 5.18. The third-order valence-corrected chi connectivity index (χ3v) is 5.35. The van der Waals surface area contributed by atoms with E-state index in [1.807, 2.05) is 42.5 Å². The molecule has 4 heteroatoms. The van der Waals surface area contributed by atoms with Crippen LogP contribution < -0.4 is 0 Å². The van der Waals surface area contributed by atoms with Crippen LogP contribution in [0.2, 0.25) is 0 Å². The second-order valence-electron chi connectivity index (χ2n) is 7.12. The molecule has 2 N–H and O–H groups in total. The second kappa shape index (κ2) is 7.24. The maximum Gasteiger partial charge on any atom is 0.270 e. The molecule has 1 fully saturated rings. The highest BCUT2D eigenvalue weighted by atomic mass is 16.3.